The third kappa shape index (κ3) is 2.75. The Hall–Kier alpha value is -1.50. The Kier molecular flexibility index (Phi) is 3.34. The summed E-state index contributed by atoms with van der Waals surface area (Å²) in [5, 5.41) is 9.01. The first kappa shape index (κ1) is 13.9. The summed E-state index contributed by atoms with van der Waals surface area (Å²) in [6, 6.07) is 0. The Labute approximate surface area is 113 Å². The highest BCUT2D eigenvalue weighted by Crippen LogP contribution is 2.57. The fraction of sp³-hybridized carbons (Fsp3) is 0.733. The molecule has 0 unspecified atom stereocenters. The van der Waals surface area contributed by atoms with E-state index in [4.69, 9.17) is 9.84 Å². The van der Waals surface area contributed by atoms with E-state index in [0.29, 0.717) is 0 Å². The number of hydrogen-bond donors (Lipinski definition) is 1. The van der Waals surface area contributed by atoms with Crippen molar-refractivity contribution in [1.82, 2.24) is 0 Å². The van der Waals surface area contributed by atoms with Crippen LogP contribution in [0.25, 0.3) is 0 Å². The summed E-state index contributed by atoms with van der Waals surface area (Å²) >= 11 is 0. The number of aliphatic carboxylic acids is 1. The van der Waals surface area contributed by atoms with Crippen LogP contribution < -0.4 is 0 Å². The molecule has 2 atom stereocenters. The molecule has 1 N–H and O–H groups in total. The van der Waals surface area contributed by atoms with Crippen molar-refractivity contribution < 1.29 is 19.4 Å². The van der Waals surface area contributed by atoms with E-state index in [0.717, 1.165) is 25.7 Å². The van der Waals surface area contributed by atoms with Gasteiger partial charge in [0.15, 0.2) is 0 Å². The van der Waals surface area contributed by atoms with Crippen molar-refractivity contribution in [1.29, 1.82) is 0 Å². The quantitative estimate of drug-likeness (QED) is 0.472. The number of ether oxygens (including phenoxy) is 1. The molecule has 19 heavy (non-hydrogen) atoms. The number of carbonyl (C=O) groups excluding carboxylic acids is 1. The zero-order valence-corrected chi connectivity index (χ0v) is 11.7. The van der Waals surface area contributed by atoms with Crippen LogP contribution in [0.5, 0.6) is 0 Å². The SMILES string of the molecule is CC1(OC(=O)C#C[C@H]2[C@@H](C(=O)O)C2(C)C)CCCC1. The number of hydrogen-bond acceptors (Lipinski definition) is 3. The van der Waals surface area contributed by atoms with Crippen LogP contribution in [0.15, 0.2) is 0 Å². The zero-order valence-electron chi connectivity index (χ0n) is 11.7. The summed E-state index contributed by atoms with van der Waals surface area (Å²) in [6.07, 6.45) is 3.92. The van der Waals surface area contributed by atoms with Gasteiger partial charge in [-0.15, -0.1) is 0 Å². The van der Waals surface area contributed by atoms with Crippen molar-refractivity contribution in [3.8, 4) is 11.8 Å². The van der Waals surface area contributed by atoms with E-state index in [1.54, 1.807) is 0 Å². The maximum atomic E-state index is 11.7. The van der Waals surface area contributed by atoms with Crippen molar-refractivity contribution in [2.24, 2.45) is 17.3 Å². The van der Waals surface area contributed by atoms with Crippen LogP contribution >= 0.6 is 0 Å². The van der Waals surface area contributed by atoms with Crippen LogP contribution in [0.1, 0.15) is 46.5 Å². The van der Waals surface area contributed by atoms with Gasteiger partial charge in [-0.1, -0.05) is 19.8 Å². The molecule has 0 heterocycles. The van der Waals surface area contributed by atoms with E-state index < -0.39 is 17.9 Å². The van der Waals surface area contributed by atoms with E-state index in [1.165, 1.54) is 0 Å². The van der Waals surface area contributed by atoms with Crippen LogP contribution in [0.3, 0.4) is 0 Å². The molecule has 0 aromatic rings. The van der Waals surface area contributed by atoms with Crippen LogP contribution in [0, 0.1) is 29.1 Å². The summed E-state index contributed by atoms with van der Waals surface area (Å²) < 4.78 is 5.38. The molecular formula is C15H20O4. The summed E-state index contributed by atoms with van der Waals surface area (Å²) in [6.45, 7) is 5.64. The van der Waals surface area contributed by atoms with E-state index in [9.17, 15) is 9.59 Å². The minimum absolute atomic E-state index is 0.256. The molecule has 104 valence electrons. The highest BCUT2D eigenvalue weighted by molar-refractivity contribution is 5.89. The molecule has 4 heteroatoms. The van der Waals surface area contributed by atoms with Gasteiger partial charge in [0.05, 0.1) is 5.92 Å². The second kappa shape index (κ2) is 4.56. The van der Waals surface area contributed by atoms with Gasteiger partial charge in [-0.25, -0.2) is 4.79 Å². The average Bonchev–Trinajstić information content (AvgIpc) is 2.62. The van der Waals surface area contributed by atoms with Gasteiger partial charge in [0.1, 0.15) is 5.60 Å². The smallest absolute Gasteiger partial charge is 0.384 e. The second-order valence-electron chi connectivity index (χ2n) is 6.43. The lowest BCUT2D eigenvalue weighted by atomic mass is 10.1. The van der Waals surface area contributed by atoms with Gasteiger partial charge in [0, 0.05) is 11.8 Å². The molecule has 2 aliphatic rings. The topological polar surface area (TPSA) is 63.6 Å². The molecule has 2 fully saturated rings. The largest absolute Gasteiger partial charge is 0.481 e. The van der Waals surface area contributed by atoms with Crippen LogP contribution in [-0.4, -0.2) is 22.6 Å². The predicted octanol–water partition coefficient (Wildman–Crippen LogP) is 2.22. The number of carbonyl (C=O) groups is 2. The zero-order chi connectivity index (χ0) is 14.3. The summed E-state index contributed by atoms with van der Waals surface area (Å²) in [5.74, 6) is 3.12. The monoisotopic (exact) mass is 264 g/mol. The fourth-order valence-electron chi connectivity index (χ4n) is 2.98. The highest BCUT2D eigenvalue weighted by atomic mass is 16.6. The fourth-order valence-corrected chi connectivity index (χ4v) is 2.98. The Morgan fingerprint density at radius 2 is 1.79 bits per heavy atom. The van der Waals surface area contributed by atoms with E-state index >= 15 is 0 Å². The maximum absolute atomic E-state index is 11.7. The molecule has 0 saturated heterocycles. The Morgan fingerprint density at radius 1 is 1.21 bits per heavy atom. The van der Waals surface area contributed by atoms with Crippen molar-refractivity contribution in [3.05, 3.63) is 0 Å². The lowest BCUT2D eigenvalue weighted by Crippen LogP contribution is -2.27. The first-order chi connectivity index (χ1) is 8.76. The lowest BCUT2D eigenvalue weighted by Gasteiger charge is -2.22. The maximum Gasteiger partial charge on any atom is 0.384 e. The van der Waals surface area contributed by atoms with Crippen LogP contribution in [-0.2, 0) is 14.3 Å². The first-order valence-corrected chi connectivity index (χ1v) is 6.74. The van der Waals surface area contributed by atoms with Crippen molar-refractivity contribution >= 4 is 11.9 Å². The molecule has 0 amide bonds. The lowest BCUT2D eigenvalue weighted by molar-refractivity contribution is -0.150. The summed E-state index contributed by atoms with van der Waals surface area (Å²) in [4.78, 5) is 22.7. The molecule has 2 rings (SSSR count). The molecule has 2 aliphatic carbocycles. The molecular weight excluding hydrogens is 244 g/mol. The number of rotatable bonds is 2. The van der Waals surface area contributed by atoms with Gasteiger partial charge < -0.3 is 9.84 Å². The molecule has 0 aromatic heterocycles. The van der Waals surface area contributed by atoms with Gasteiger partial charge >= 0.3 is 11.9 Å². The van der Waals surface area contributed by atoms with E-state index in [-0.39, 0.29) is 16.9 Å². The van der Waals surface area contributed by atoms with Gasteiger partial charge in [0.25, 0.3) is 0 Å². The highest BCUT2D eigenvalue weighted by Gasteiger charge is 2.61. The molecule has 2 saturated carbocycles. The van der Waals surface area contributed by atoms with Gasteiger partial charge in [-0.2, -0.15) is 0 Å². The molecule has 4 nitrogen and oxygen atoms in total. The average molecular weight is 264 g/mol. The predicted molar refractivity (Wildman–Crippen MR) is 69.1 cm³/mol. The van der Waals surface area contributed by atoms with Crippen molar-refractivity contribution in [2.45, 2.75) is 52.1 Å². The first-order valence-electron chi connectivity index (χ1n) is 6.74. The van der Waals surface area contributed by atoms with Crippen LogP contribution in [0.4, 0.5) is 0 Å². The van der Waals surface area contributed by atoms with Crippen molar-refractivity contribution in [2.75, 3.05) is 0 Å². The Morgan fingerprint density at radius 3 is 2.26 bits per heavy atom. The Bertz CT molecular complexity index is 460. The third-order valence-corrected chi connectivity index (χ3v) is 4.42. The molecule has 0 aromatic carbocycles. The van der Waals surface area contributed by atoms with Crippen molar-refractivity contribution in [3.63, 3.8) is 0 Å². The number of carboxylic acid groups (broad SMARTS) is 1. The molecule has 0 bridgehead atoms. The number of esters is 1. The molecule has 0 aliphatic heterocycles. The van der Waals surface area contributed by atoms with Gasteiger partial charge in [-0.05, 0) is 38.0 Å². The van der Waals surface area contributed by atoms with Gasteiger partial charge in [0.2, 0.25) is 0 Å². The van der Waals surface area contributed by atoms with E-state index in [2.05, 4.69) is 11.8 Å². The van der Waals surface area contributed by atoms with E-state index in [1.807, 2.05) is 20.8 Å². The van der Waals surface area contributed by atoms with Gasteiger partial charge in [-0.3, -0.25) is 4.79 Å². The van der Waals surface area contributed by atoms with Crippen LogP contribution in [0.2, 0.25) is 0 Å². The summed E-state index contributed by atoms with van der Waals surface area (Å²) in [7, 11) is 0. The standard InChI is InChI=1S/C15H20O4/c1-14(2)10(12(14)13(17)18)6-7-11(16)19-15(3)8-4-5-9-15/h10,12H,4-5,8-9H2,1-3H3,(H,17,18)/t10-,12-/m0/s1. The molecule has 0 spiro atoms. The second-order valence-corrected chi connectivity index (χ2v) is 6.43. The normalized spacial score (nSPS) is 30.1. The minimum Gasteiger partial charge on any atom is -0.481 e. The summed E-state index contributed by atoms with van der Waals surface area (Å²) in [5.41, 5.74) is -0.729. The Balaban J connectivity index is 1.94. The molecule has 0 radical (unpaired) electrons. The third-order valence-electron chi connectivity index (χ3n) is 4.42. The number of carboxylic acids is 1. The minimum atomic E-state index is -0.847.